The third-order valence-electron chi connectivity index (χ3n) is 3.69. The van der Waals surface area contributed by atoms with Gasteiger partial charge < -0.3 is 19.7 Å². The molecular weight excluding hydrogens is 294 g/mol. The SMILES string of the molecule is COc1ccc(C(C)NC(=O)/C(C#N)=C\N2CCOCC2)cc1. The lowest BCUT2D eigenvalue weighted by Crippen LogP contribution is -2.34. The fourth-order valence-electron chi connectivity index (χ4n) is 2.28. The molecule has 6 heteroatoms. The summed E-state index contributed by atoms with van der Waals surface area (Å²) in [7, 11) is 1.61. The van der Waals surface area contributed by atoms with Gasteiger partial charge in [-0.25, -0.2) is 0 Å². The standard InChI is InChI=1S/C17H21N3O3/c1-13(14-3-5-16(22-2)6-4-14)19-17(21)15(11-18)12-20-7-9-23-10-8-20/h3-6,12-13H,7-10H2,1-2H3,(H,19,21)/b15-12-. The number of nitriles is 1. The molecule has 1 unspecified atom stereocenters. The summed E-state index contributed by atoms with van der Waals surface area (Å²) >= 11 is 0. The zero-order chi connectivity index (χ0) is 16.7. The van der Waals surface area contributed by atoms with Gasteiger partial charge in [-0.3, -0.25) is 4.79 Å². The van der Waals surface area contributed by atoms with Crippen LogP contribution >= 0.6 is 0 Å². The maximum Gasteiger partial charge on any atom is 0.263 e. The van der Waals surface area contributed by atoms with Crippen molar-refractivity contribution in [3.05, 3.63) is 41.6 Å². The molecule has 1 aromatic carbocycles. The molecule has 1 aliphatic rings. The first-order valence-corrected chi connectivity index (χ1v) is 7.52. The molecule has 0 aliphatic carbocycles. The number of carbonyl (C=O) groups excluding carboxylic acids is 1. The molecule has 1 aromatic rings. The second-order valence-electron chi connectivity index (χ2n) is 5.27. The predicted octanol–water partition coefficient (Wildman–Crippen LogP) is 1.61. The van der Waals surface area contributed by atoms with E-state index < -0.39 is 0 Å². The van der Waals surface area contributed by atoms with Crippen molar-refractivity contribution >= 4 is 5.91 Å². The third-order valence-corrected chi connectivity index (χ3v) is 3.69. The van der Waals surface area contributed by atoms with Crippen molar-refractivity contribution in [1.29, 1.82) is 5.26 Å². The molecule has 0 spiro atoms. The van der Waals surface area contributed by atoms with E-state index in [0.29, 0.717) is 26.3 Å². The van der Waals surface area contributed by atoms with E-state index in [1.807, 2.05) is 42.2 Å². The summed E-state index contributed by atoms with van der Waals surface area (Å²) in [6.07, 6.45) is 1.61. The molecule has 0 saturated carbocycles. The maximum absolute atomic E-state index is 12.3. The molecule has 1 heterocycles. The average molecular weight is 315 g/mol. The fourth-order valence-corrected chi connectivity index (χ4v) is 2.28. The zero-order valence-corrected chi connectivity index (χ0v) is 13.4. The Kier molecular flexibility index (Phi) is 6.01. The lowest BCUT2D eigenvalue weighted by atomic mass is 10.1. The van der Waals surface area contributed by atoms with Crippen molar-refractivity contribution in [2.45, 2.75) is 13.0 Å². The van der Waals surface area contributed by atoms with E-state index in [-0.39, 0.29) is 17.5 Å². The molecule has 0 radical (unpaired) electrons. The minimum atomic E-state index is -0.373. The highest BCUT2D eigenvalue weighted by atomic mass is 16.5. The highest BCUT2D eigenvalue weighted by Crippen LogP contribution is 2.17. The number of carbonyl (C=O) groups is 1. The van der Waals surface area contributed by atoms with Crippen molar-refractivity contribution in [3.63, 3.8) is 0 Å². The molecule has 1 atom stereocenters. The monoisotopic (exact) mass is 315 g/mol. The van der Waals surface area contributed by atoms with Crippen LogP contribution < -0.4 is 10.1 Å². The van der Waals surface area contributed by atoms with E-state index in [2.05, 4.69) is 5.32 Å². The van der Waals surface area contributed by atoms with Gasteiger partial charge in [0.2, 0.25) is 0 Å². The molecule has 2 rings (SSSR count). The Hall–Kier alpha value is -2.52. The van der Waals surface area contributed by atoms with Crippen molar-refractivity contribution < 1.29 is 14.3 Å². The number of rotatable bonds is 5. The summed E-state index contributed by atoms with van der Waals surface area (Å²) in [5, 5.41) is 12.1. The number of ether oxygens (including phenoxy) is 2. The van der Waals surface area contributed by atoms with Gasteiger partial charge in [0.25, 0.3) is 5.91 Å². The van der Waals surface area contributed by atoms with Crippen LogP contribution in [0, 0.1) is 11.3 Å². The Balaban J connectivity index is 2.00. The number of benzene rings is 1. The van der Waals surface area contributed by atoms with Crippen LogP contribution in [0.3, 0.4) is 0 Å². The maximum atomic E-state index is 12.3. The number of amides is 1. The van der Waals surface area contributed by atoms with Gasteiger partial charge in [-0.1, -0.05) is 12.1 Å². The summed E-state index contributed by atoms with van der Waals surface area (Å²) in [4.78, 5) is 14.2. The van der Waals surface area contributed by atoms with Crippen LogP contribution in [0.1, 0.15) is 18.5 Å². The van der Waals surface area contributed by atoms with Crippen molar-refractivity contribution in [2.24, 2.45) is 0 Å². The summed E-state index contributed by atoms with van der Waals surface area (Å²) < 4.78 is 10.4. The first-order chi connectivity index (χ1) is 11.1. The molecular formula is C17H21N3O3. The van der Waals surface area contributed by atoms with Gasteiger partial charge in [0, 0.05) is 19.3 Å². The van der Waals surface area contributed by atoms with Crippen LogP contribution in [0.15, 0.2) is 36.0 Å². The predicted molar refractivity (Wildman–Crippen MR) is 85.6 cm³/mol. The number of methoxy groups -OCH3 is 1. The Labute approximate surface area is 136 Å². The topological polar surface area (TPSA) is 74.6 Å². The van der Waals surface area contributed by atoms with Crippen LogP contribution in [-0.2, 0) is 9.53 Å². The van der Waals surface area contributed by atoms with Crippen molar-refractivity contribution in [1.82, 2.24) is 10.2 Å². The molecule has 1 N–H and O–H groups in total. The van der Waals surface area contributed by atoms with E-state index >= 15 is 0 Å². The molecule has 0 bridgehead atoms. The Morgan fingerprint density at radius 2 is 2.04 bits per heavy atom. The summed E-state index contributed by atoms with van der Waals surface area (Å²) in [6.45, 7) is 4.47. The van der Waals surface area contributed by atoms with Crippen molar-refractivity contribution in [2.75, 3.05) is 33.4 Å². The van der Waals surface area contributed by atoms with Crippen LogP contribution in [0.2, 0.25) is 0 Å². The first kappa shape index (κ1) is 16.8. The zero-order valence-electron chi connectivity index (χ0n) is 13.4. The van der Waals surface area contributed by atoms with Gasteiger partial charge in [-0.15, -0.1) is 0 Å². The van der Waals surface area contributed by atoms with Gasteiger partial charge >= 0.3 is 0 Å². The molecule has 1 amide bonds. The Bertz CT molecular complexity index is 599. The highest BCUT2D eigenvalue weighted by molar-refractivity contribution is 5.97. The number of hydrogen-bond acceptors (Lipinski definition) is 5. The van der Waals surface area contributed by atoms with Crippen LogP contribution in [0.5, 0.6) is 5.75 Å². The number of hydrogen-bond donors (Lipinski definition) is 1. The van der Waals surface area contributed by atoms with E-state index in [1.165, 1.54) is 0 Å². The molecule has 23 heavy (non-hydrogen) atoms. The summed E-state index contributed by atoms with van der Waals surface area (Å²) in [5.41, 5.74) is 1.05. The third kappa shape index (κ3) is 4.73. The molecule has 1 fully saturated rings. The van der Waals surface area contributed by atoms with Gasteiger partial charge in [-0.2, -0.15) is 5.26 Å². The van der Waals surface area contributed by atoms with Gasteiger partial charge in [0.15, 0.2) is 0 Å². The Morgan fingerprint density at radius 1 is 1.39 bits per heavy atom. The van der Waals surface area contributed by atoms with E-state index in [4.69, 9.17) is 9.47 Å². The average Bonchev–Trinajstić information content (AvgIpc) is 2.60. The van der Waals surface area contributed by atoms with E-state index in [9.17, 15) is 10.1 Å². The summed E-state index contributed by atoms with van der Waals surface area (Å²) in [6, 6.07) is 9.23. The first-order valence-electron chi connectivity index (χ1n) is 7.52. The minimum Gasteiger partial charge on any atom is -0.497 e. The van der Waals surface area contributed by atoms with E-state index in [1.54, 1.807) is 13.3 Å². The molecule has 122 valence electrons. The second-order valence-corrected chi connectivity index (χ2v) is 5.27. The normalized spacial score (nSPS) is 16.4. The van der Waals surface area contributed by atoms with Crippen molar-refractivity contribution in [3.8, 4) is 11.8 Å². The van der Waals surface area contributed by atoms with Crippen LogP contribution in [-0.4, -0.2) is 44.2 Å². The minimum absolute atomic E-state index is 0.104. The number of nitrogens with zero attached hydrogens (tertiary/aromatic N) is 2. The molecule has 6 nitrogen and oxygen atoms in total. The van der Waals surface area contributed by atoms with Crippen LogP contribution in [0.25, 0.3) is 0 Å². The van der Waals surface area contributed by atoms with Gasteiger partial charge in [0.05, 0.1) is 26.4 Å². The highest BCUT2D eigenvalue weighted by Gasteiger charge is 2.16. The molecule has 0 aromatic heterocycles. The largest absolute Gasteiger partial charge is 0.497 e. The number of morpholine rings is 1. The smallest absolute Gasteiger partial charge is 0.263 e. The lowest BCUT2D eigenvalue weighted by molar-refractivity contribution is -0.117. The lowest BCUT2D eigenvalue weighted by Gasteiger charge is -2.25. The quantitative estimate of drug-likeness (QED) is 0.660. The van der Waals surface area contributed by atoms with Gasteiger partial charge in [0.1, 0.15) is 17.4 Å². The Morgan fingerprint density at radius 3 is 2.61 bits per heavy atom. The molecule has 1 aliphatic heterocycles. The van der Waals surface area contributed by atoms with Crippen LogP contribution in [0.4, 0.5) is 0 Å². The molecule has 1 saturated heterocycles. The second kappa shape index (κ2) is 8.20. The summed E-state index contributed by atoms with van der Waals surface area (Å²) in [5.74, 6) is 0.388. The van der Waals surface area contributed by atoms with E-state index in [0.717, 1.165) is 11.3 Å². The van der Waals surface area contributed by atoms with Gasteiger partial charge in [-0.05, 0) is 24.6 Å². The fraction of sp³-hybridized carbons (Fsp3) is 0.412. The number of nitrogens with one attached hydrogen (secondary N) is 1.